The first-order valence-electron chi connectivity index (χ1n) is 13.8. The molecule has 1 amide bonds. The fourth-order valence-electron chi connectivity index (χ4n) is 6.09. The van der Waals surface area contributed by atoms with E-state index in [1.807, 2.05) is 13.8 Å². The van der Waals surface area contributed by atoms with Crippen molar-refractivity contribution in [2.24, 2.45) is 4.99 Å². The molecule has 0 fully saturated rings. The number of hydrogen-bond donors (Lipinski definition) is 2. The molecule has 5 rings (SSSR count). The van der Waals surface area contributed by atoms with Crippen LogP contribution in [-0.2, 0) is 4.79 Å². The van der Waals surface area contributed by atoms with Crippen LogP contribution in [0, 0.1) is 4.51 Å². The molecule has 2 aromatic carbocycles. The molecule has 0 radical (unpaired) electrons. The van der Waals surface area contributed by atoms with Crippen molar-refractivity contribution in [1.29, 1.82) is 0 Å². The molecule has 6 heteroatoms. The SMILES string of the molecule is CC1=CC(C)(C)N(C)c2cc3c(cc21)N=c1cc2c(cc1=[SH]3)N(CCCC(=O)NC(C)C)C(C)(C)C=C2C. The number of nitrogens with one attached hydrogen (secondary N) is 1. The van der Waals surface area contributed by atoms with Crippen molar-refractivity contribution >= 4 is 45.5 Å². The van der Waals surface area contributed by atoms with Gasteiger partial charge in [-0.3, -0.25) is 4.79 Å². The lowest BCUT2D eigenvalue weighted by Crippen LogP contribution is -2.46. The molecule has 38 heavy (non-hydrogen) atoms. The van der Waals surface area contributed by atoms with Crippen molar-refractivity contribution in [2.45, 2.75) is 90.2 Å². The first kappa shape index (κ1) is 26.7. The maximum atomic E-state index is 12.3. The normalized spacial score (nSPS) is 18.5. The molecule has 0 bridgehead atoms. The Hall–Kier alpha value is -2.86. The Balaban J connectivity index is 1.55. The summed E-state index contributed by atoms with van der Waals surface area (Å²) in [5.41, 5.74) is 8.57. The van der Waals surface area contributed by atoms with Gasteiger partial charge >= 0.3 is 0 Å². The maximum absolute atomic E-state index is 12.3. The first-order chi connectivity index (χ1) is 17.8. The first-order valence-corrected chi connectivity index (χ1v) is 14.7. The fraction of sp³-hybridized carbons (Fsp3) is 0.469. The second-order valence-electron chi connectivity index (χ2n) is 12.4. The van der Waals surface area contributed by atoms with E-state index in [2.05, 4.69) is 100 Å². The number of carbonyl (C=O) groups is 1. The second-order valence-corrected chi connectivity index (χ2v) is 13.6. The summed E-state index contributed by atoms with van der Waals surface area (Å²) in [6.07, 6.45) is 6.06. The van der Waals surface area contributed by atoms with Crippen molar-refractivity contribution in [3.63, 3.8) is 0 Å². The quantitative estimate of drug-likeness (QED) is 0.286. The smallest absolute Gasteiger partial charge is 0.220 e. The number of fused-ring (bicyclic) bond motifs is 4. The van der Waals surface area contributed by atoms with E-state index in [0.717, 1.165) is 24.0 Å². The van der Waals surface area contributed by atoms with Gasteiger partial charge in [-0.05, 0) is 97.2 Å². The highest BCUT2D eigenvalue weighted by molar-refractivity contribution is 7.91. The Morgan fingerprint density at radius 2 is 1.63 bits per heavy atom. The molecule has 1 N–H and O–H groups in total. The van der Waals surface area contributed by atoms with Crippen LogP contribution in [0.25, 0.3) is 11.1 Å². The van der Waals surface area contributed by atoms with Crippen LogP contribution >= 0.6 is 11.4 Å². The molecule has 5 nitrogen and oxygen atoms in total. The Labute approximate surface area is 231 Å². The number of rotatable bonds is 5. The van der Waals surface area contributed by atoms with Gasteiger partial charge in [0.25, 0.3) is 0 Å². The summed E-state index contributed by atoms with van der Waals surface area (Å²) in [6.45, 7) is 18.3. The molecule has 0 saturated carbocycles. The van der Waals surface area contributed by atoms with Crippen molar-refractivity contribution < 1.29 is 4.79 Å². The second kappa shape index (κ2) is 9.41. The third-order valence-corrected chi connectivity index (χ3v) is 9.30. The summed E-state index contributed by atoms with van der Waals surface area (Å²) >= 11 is 1.19. The van der Waals surface area contributed by atoms with Gasteiger partial charge in [0, 0.05) is 58.0 Å². The largest absolute Gasteiger partial charge is 0.365 e. The minimum atomic E-state index is -0.127. The van der Waals surface area contributed by atoms with Gasteiger partial charge < -0.3 is 15.1 Å². The topological polar surface area (TPSA) is 47.9 Å². The molecule has 3 heterocycles. The van der Waals surface area contributed by atoms with Gasteiger partial charge in [-0.1, -0.05) is 12.2 Å². The summed E-state index contributed by atoms with van der Waals surface area (Å²) in [5.74, 6) is 0.127. The van der Waals surface area contributed by atoms with Crippen LogP contribution in [-0.4, -0.2) is 36.6 Å². The molecule has 0 saturated heterocycles. The average Bonchev–Trinajstić information content (AvgIpc) is 2.80. The van der Waals surface area contributed by atoms with Crippen molar-refractivity contribution in [3.05, 3.63) is 57.4 Å². The van der Waals surface area contributed by atoms with Crippen LogP contribution in [0.3, 0.4) is 0 Å². The Bertz CT molecular complexity index is 1510. The number of anilines is 2. The number of likely N-dealkylation sites (N-methyl/N-ethyl adjacent to an activating group) is 1. The van der Waals surface area contributed by atoms with E-state index >= 15 is 0 Å². The van der Waals surface area contributed by atoms with Crippen molar-refractivity contribution in [2.75, 3.05) is 23.4 Å². The molecule has 0 aliphatic carbocycles. The summed E-state index contributed by atoms with van der Waals surface area (Å²) in [7, 11) is 2.19. The summed E-state index contributed by atoms with van der Waals surface area (Å²) in [6, 6.07) is 9.42. The Morgan fingerprint density at radius 3 is 2.32 bits per heavy atom. The van der Waals surface area contributed by atoms with E-state index in [1.54, 1.807) is 0 Å². The number of carbonyl (C=O) groups excluding carboxylic acids is 1. The van der Waals surface area contributed by atoms with E-state index in [9.17, 15) is 4.79 Å². The molecule has 3 aliphatic heterocycles. The lowest BCUT2D eigenvalue weighted by atomic mass is 9.88. The Kier molecular flexibility index (Phi) is 6.62. The zero-order chi connectivity index (χ0) is 27.6. The number of allylic oxidation sites excluding steroid dienone is 2. The monoisotopic (exact) mass is 530 g/mol. The third-order valence-electron chi connectivity index (χ3n) is 8.10. The minimum Gasteiger partial charge on any atom is -0.365 e. The third kappa shape index (κ3) is 4.72. The molecule has 2 aromatic rings. The van der Waals surface area contributed by atoms with Gasteiger partial charge in [-0.25, -0.2) is 4.99 Å². The van der Waals surface area contributed by atoms with Crippen molar-refractivity contribution in [3.8, 4) is 0 Å². The molecule has 202 valence electrons. The van der Waals surface area contributed by atoms with Gasteiger partial charge in [0.2, 0.25) is 5.91 Å². The lowest BCUT2D eigenvalue weighted by Gasteiger charge is -2.43. The molecular weight excluding hydrogens is 488 g/mol. The summed E-state index contributed by atoms with van der Waals surface area (Å²) in [4.78, 5) is 23.6. The Morgan fingerprint density at radius 1 is 0.974 bits per heavy atom. The molecule has 0 aromatic heterocycles. The molecular formula is C32H42N4OS. The molecule has 0 unspecified atom stereocenters. The van der Waals surface area contributed by atoms with Crippen LogP contribution in [0.2, 0.25) is 0 Å². The van der Waals surface area contributed by atoms with Gasteiger partial charge in [0.1, 0.15) is 0 Å². The van der Waals surface area contributed by atoms with Gasteiger partial charge in [-0.15, -0.1) is 0 Å². The number of thiol groups is 1. The van der Waals surface area contributed by atoms with E-state index in [1.165, 1.54) is 54.4 Å². The summed E-state index contributed by atoms with van der Waals surface area (Å²) in [5, 5.41) is 4.08. The van der Waals surface area contributed by atoms with E-state index in [4.69, 9.17) is 4.99 Å². The zero-order valence-electron chi connectivity index (χ0n) is 24.4. The van der Waals surface area contributed by atoms with E-state index < -0.39 is 0 Å². The standard InChI is InChI=1S/C32H42N4OS/c1-19(2)33-30(37)11-10-12-36-27-16-29-25(14-23(27)21(4)18-32(36,7)8)34-24-13-22-20(3)17-31(5,6)35(9)26(22)15-28(24)38-29/h13-19,38H,10-12H2,1-9H3,(H,33,37). The van der Waals surface area contributed by atoms with Crippen LogP contribution < -0.4 is 20.5 Å². The number of amides is 1. The lowest BCUT2D eigenvalue weighted by molar-refractivity contribution is -0.121. The highest BCUT2D eigenvalue weighted by atomic mass is 32.1. The van der Waals surface area contributed by atoms with Crippen LogP contribution in [0.5, 0.6) is 0 Å². The number of nitrogens with zero attached hydrogens (tertiary/aromatic N) is 3. The van der Waals surface area contributed by atoms with E-state index in [-0.39, 0.29) is 23.0 Å². The minimum absolute atomic E-state index is 0.0208. The molecule has 0 spiro atoms. The van der Waals surface area contributed by atoms with Crippen LogP contribution in [0.4, 0.5) is 17.1 Å². The average molecular weight is 531 g/mol. The van der Waals surface area contributed by atoms with E-state index in [0.29, 0.717) is 6.42 Å². The van der Waals surface area contributed by atoms with Crippen LogP contribution in [0.15, 0.2) is 46.3 Å². The number of benzene rings is 2. The predicted octanol–water partition coefficient (Wildman–Crippen LogP) is 6.67. The van der Waals surface area contributed by atoms with Crippen molar-refractivity contribution in [1.82, 2.24) is 5.32 Å². The molecule has 0 atom stereocenters. The van der Waals surface area contributed by atoms with Gasteiger partial charge in [-0.2, -0.15) is 11.4 Å². The highest BCUT2D eigenvalue weighted by Gasteiger charge is 2.32. The fourth-order valence-corrected chi connectivity index (χ4v) is 7.18. The highest BCUT2D eigenvalue weighted by Crippen LogP contribution is 2.44. The predicted molar refractivity (Wildman–Crippen MR) is 164 cm³/mol. The van der Waals surface area contributed by atoms with Gasteiger partial charge in [0.05, 0.1) is 22.1 Å². The van der Waals surface area contributed by atoms with Gasteiger partial charge in [0.15, 0.2) is 0 Å². The zero-order valence-corrected chi connectivity index (χ0v) is 25.3. The van der Waals surface area contributed by atoms with Crippen LogP contribution in [0.1, 0.15) is 79.4 Å². The number of hydrogen-bond acceptors (Lipinski definition) is 4. The maximum Gasteiger partial charge on any atom is 0.220 e. The molecule has 3 aliphatic rings. The summed E-state index contributed by atoms with van der Waals surface area (Å²) < 4.78 is 1.24.